The minimum atomic E-state index is -3.93. The highest BCUT2D eigenvalue weighted by atomic mass is 32.2. The summed E-state index contributed by atoms with van der Waals surface area (Å²) in [6.45, 7) is 1.06. The highest BCUT2D eigenvalue weighted by molar-refractivity contribution is 7.89. The second-order valence-corrected chi connectivity index (χ2v) is 10.6. The zero-order valence-electron chi connectivity index (χ0n) is 19.8. The van der Waals surface area contributed by atoms with Gasteiger partial charge in [0.25, 0.3) is 0 Å². The van der Waals surface area contributed by atoms with Crippen LogP contribution in [0.1, 0.15) is 40.4 Å². The fourth-order valence-electron chi connectivity index (χ4n) is 4.48. The van der Waals surface area contributed by atoms with Gasteiger partial charge >= 0.3 is 5.97 Å². The summed E-state index contributed by atoms with van der Waals surface area (Å²) in [4.78, 5) is 25.1. The van der Waals surface area contributed by atoms with Crippen molar-refractivity contribution >= 4 is 40.8 Å². The van der Waals surface area contributed by atoms with Crippen LogP contribution in [0.15, 0.2) is 66.0 Å². The van der Waals surface area contributed by atoms with Gasteiger partial charge < -0.3 is 10.2 Å². The molecule has 5 rings (SSSR count). The zero-order chi connectivity index (χ0) is 26.0. The Kier molecular flexibility index (Phi) is 6.91. The number of aromatic nitrogens is 4. The molecule has 3 N–H and O–H groups in total. The van der Waals surface area contributed by atoms with Crippen LogP contribution in [0.25, 0.3) is 5.65 Å². The van der Waals surface area contributed by atoms with Crippen molar-refractivity contribution < 1.29 is 18.0 Å². The molecule has 0 aliphatic carbocycles. The van der Waals surface area contributed by atoms with Crippen molar-refractivity contribution in [2.75, 3.05) is 18.4 Å². The number of nitrogens with one attached hydrogen (secondary N) is 1. The van der Waals surface area contributed by atoms with Crippen molar-refractivity contribution in [3.8, 4) is 0 Å². The molecule has 2 radical (unpaired) electrons. The maximum Gasteiger partial charge on any atom is 0.357 e. The lowest BCUT2D eigenvalue weighted by Gasteiger charge is -2.31. The molecule has 1 aromatic carbocycles. The van der Waals surface area contributed by atoms with Crippen LogP contribution in [0.3, 0.4) is 0 Å². The van der Waals surface area contributed by atoms with Gasteiger partial charge in [0.1, 0.15) is 19.3 Å². The lowest BCUT2D eigenvalue weighted by Crippen LogP contribution is -2.38. The normalized spacial score (nSPS) is 15.1. The Morgan fingerprint density at radius 1 is 1.16 bits per heavy atom. The second-order valence-electron chi connectivity index (χ2n) is 8.70. The number of nitrogens with zero attached hydrogens (tertiary/aromatic N) is 5. The molecule has 4 aromatic rings. The number of benzene rings is 1. The molecule has 0 atom stereocenters. The predicted molar refractivity (Wildman–Crippen MR) is 137 cm³/mol. The van der Waals surface area contributed by atoms with Gasteiger partial charge in [-0.25, -0.2) is 18.2 Å². The van der Waals surface area contributed by atoms with Crippen LogP contribution < -0.4 is 16.7 Å². The third-order valence-corrected chi connectivity index (χ3v) is 8.38. The Bertz CT molecular complexity index is 1540. The molecule has 188 valence electrons. The standard InChI is InChI=1S/C24H24BN7O4S/c25-19-15-29-32-22(28-14-16-4-3-9-27-13-16)12-20(30-23(19)32)17-7-10-31(11-8-17)37(34,35)21-6-2-1-5-18(21)24(33)36-26/h1-6,9,12-13,15,17,28H,7-8,10-11,14,26H2. The van der Waals surface area contributed by atoms with Crippen molar-refractivity contribution in [2.24, 2.45) is 5.90 Å². The first-order chi connectivity index (χ1) is 17.9. The average molecular weight is 517 g/mol. The molecule has 3 aromatic heterocycles. The van der Waals surface area contributed by atoms with Gasteiger partial charge in [0, 0.05) is 55.9 Å². The van der Waals surface area contributed by atoms with Crippen molar-refractivity contribution in [1.29, 1.82) is 0 Å². The van der Waals surface area contributed by atoms with E-state index in [0.29, 0.717) is 30.5 Å². The molecule has 1 fully saturated rings. The summed E-state index contributed by atoms with van der Waals surface area (Å²) in [6, 6.07) is 11.6. The molecule has 0 bridgehead atoms. The first-order valence-corrected chi connectivity index (χ1v) is 13.1. The van der Waals surface area contributed by atoms with E-state index in [0.717, 1.165) is 17.1 Å². The molecule has 11 nitrogen and oxygen atoms in total. The smallest absolute Gasteiger partial charge is 0.357 e. The van der Waals surface area contributed by atoms with E-state index in [1.165, 1.54) is 16.4 Å². The first-order valence-electron chi connectivity index (χ1n) is 11.7. The predicted octanol–water partition coefficient (Wildman–Crippen LogP) is 1.13. The molecular formula is C24H24BN7O4S. The summed E-state index contributed by atoms with van der Waals surface area (Å²) in [7, 11) is 2.20. The summed E-state index contributed by atoms with van der Waals surface area (Å²) >= 11 is 0. The van der Waals surface area contributed by atoms with Crippen LogP contribution >= 0.6 is 0 Å². The number of sulfonamides is 1. The number of anilines is 1. The highest BCUT2D eigenvalue weighted by Crippen LogP contribution is 2.32. The molecule has 0 amide bonds. The molecule has 1 saturated heterocycles. The van der Waals surface area contributed by atoms with Crippen molar-refractivity contribution in [3.63, 3.8) is 0 Å². The number of carbonyl (C=O) groups excluding carboxylic acids is 1. The number of rotatable bonds is 7. The van der Waals surface area contributed by atoms with Gasteiger partial charge in [0.05, 0.1) is 10.5 Å². The van der Waals surface area contributed by atoms with Crippen molar-refractivity contribution in [2.45, 2.75) is 30.2 Å². The SMILES string of the molecule is [B]c1cnn2c(NCc3cccnc3)cc(C3CCN(S(=O)(=O)c4ccccc4C(=O)ON)CC3)nc12. The van der Waals surface area contributed by atoms with E-state index in [2.05, 4.69) is 20.2 Å². The molecule has 1 aliphatic rings. The van der Waals surface area contributed by atoms with Gasteiger partial charge in [-0.2, -0.15) is 19.8 Å². The molecule has 0 saturated carbocycles. The topological polar surface area (TPSA) is 145 Å². The number of pyridine rings is 1. The molecule has 37 heavy (non-hydrogen) atoms. The molecule has 13 heteroatoms. The Balaban J connectivity index is 1.36. The average Bonchev–Trinajstić information content (AvgIpc) is 3.32. The van der Waals surface area contributed by atoms with Crippen LogP contribution in [0.5, 0.6) is 0 Å². The Hall–Kier alpha value is -3.81. The molecule has 0 unspecified atom stereocenters. The van der Waals surface area contributed by atoms with Gasteiger partial charge in [0.2, 0.25) is 10.0 Å². The van der Waals surface area contributed by atoms with Crippen LogP contribution in [-0.2, 0) is 21.4 Å². The summed E-state index contributed by atoms with van der Waals surface area (Å²) in [5.41, 5.74) is 2.70. The Morgan fingerprint density at radius 3 is 2.68 bits per heavy atom. The van der Waals surface area contributed by atoms with Crippen molar-refractivity contribution in [3.05, 3.63) is 77.9 Å². The second kappa shape index (κ2) is 10.3. The molecule has 0 spiro atoms. The van der Waals surface area contributed by atoms with Gasteiger partial charge in [0.15, 0.2) is 0 Å². The van der Waals surface area contributed by atoms with Gasteiger partial charge in [-0.15, -0.1) is 0 Å². The number of hydrogen-bond donors (Lipinski definition) is 2. The lowest BCUT2D eigenvalue weighted by atomic mass is 9.94. The maximum atomic E-state index is 13.3. The highest BCUT2D eigenvalue weighted by Gasteiger charge is 2.33. The molecule has 4 heterocycles. The van der Waals surface area contributed by atoms with E-state index >= 15 is 0 Å². The summed E-state index contributed by atoms with van der Waals surface area (Å²) in [6.07, 6.45) is 6.14. The van der Waals surface area contributed by atoms with E-state index in [9.17, 15) is 13.2 Å². The third kappa shape index (κ3) is 4.93. The third-order valence-electron chi connectivity index (χ3n) is 6.42. The Labute approximate surface area is 215 Å². The summed E-state index contributed by atoms with van der Waals surface area (Å²) in [5.74, 6) is 4.83. The van der Waals surface area contributed by atoms with Crippen LogP contribution in [0.2, 0.25) is 0 Å². The zero-order valence-corrected chi connectivity index (χ0v) is 20.6. The van der Waals surface area contributed by atoms with E-state index < -0.39 is 16.0 Å². The fourth-order valence-corrected chi connectivity index (χ4v) is 6.13. The van der Waals surface area contributed by atoms with Gasteiger partial charge in [-0.05, 0) is 42.1 Å². The van der Waals surface area contributed by atoms with Crippen LogP contribution in [0, 0.1) is 0 Å². The largest absolute Gasteiger partial charge is 0.370 e. The van der Waals surface area contributed by atoms with Crippen LogP contribution in [0.4, 0.5) is 5.82 Å². The minimum Gasteiger partial charge on any atom is -0.370 e. The minimum absolute atomic E-state index is 0.00828. The first kappa shape index (κ1) is 24.9. The number of fused-ring (bicyclic) bond motifs is 1. The summed E-state index contributed by atoms with van der Waals surface area (Å²) in [5, 5.41) is 7.72. The maximum absolute atomic E-state index is 13.3. The van der Waals surface area contributed by atoms with Crippen LogP contribution in [-0.4, -0.2) is 59.2 Å². The lowest BCUT2D eigenvalue weighted by molar-refractivity contribution is 0.0498. The fraction of sp³-hybridized carbons (Fsp3) is 0.250. The van der Waals surface area contributed by atoms with Gasteiger partial charge in [-0.1, -0.05) is 18.2 Å². The Morgan fingerprint density at radius 2 is 1.95 bits per heavy atom. The number of carbonyl (C=O) groups is 1. The van der Waals surface area contributed by atoms with Crippen molar-refractivity contribution in [1.82, 2.24) is 23.9 Å². The summed E-state index contributed by atoms with van der Waals surface area (Å²) < 4.78 is 29.7. The number of hydrogen-bond acceptors (Lipinski definition) is 9. The van der Waals surface area contributed by atoms with E-state index in [1.807, 2.05) is 18.2 Å². The molecular weight excluding hydrogens is 493 g/mol. The van der Waals surface area contributed by atoms with E-state index in [-0.39, 0.29) is 29.5 Å². The van der Waals surface area contributed by atoms with E-state index in [1.54, 1.807) is 35.2 Å². The quantitative estimate of drug-likeness (QED) is 0.272. The molecule has 1 aliphatic heterocycles. The number of piperidine rings is 1. The van der Waals surface area contributed by atoms with E-state index in [4.69, 9.17) is 18.7 Å². The van der Waals surface area contributed by atoms with Gasteiger partial charge in [-0.3, -0.25) is 4.98 Å². The number of nitrogens with two attached hydrogens (primary N) is 1. The monoisotopic (exact) mass is 517 g/mol.